The summed E-state index contributed by atoms with van der Waals surface area (Å²) in [5.41, 5.74) is 0. The molecule has 0 aliphatic rings. The summed E-state index contributed by atoms with van der Waals surface area (Å²) >= 11 is 0. The molecule has 0 aromatic carbocycles. The average molecular weight is 216 g/mol. The molecule has 5 nitrogen and oxygen atoms in total. The first-order chi connectivity index (χ1) is 7.01. The van der Waals surface area contributed by atoms with Gasteiger partial charge in [0, 0.05) is 6.04 Å². The topological polar surface area (TPSA) is 67.4 Å². The Bertz CT molecular complexity index is 219. The van der Waals surface area contributed by atoms with Crippen LogP contribution in [0.5, 0.6) is 0 Å². The van der Waals surface area contributed by atoms with Crippen molar-refractivity contribution in [3.8, 4) is 0 Å². The maximum atomic E-state index is 11.3. The van der Waals surface area contributed by atoms with Gasteiger partial charge in [-0.3, -0.25) is 4.79 Å². The lowest BCUT2D eigenvalue weighted by Crippen LogP contribution is -2.44. The highest BCUT2D eigenvalue weighted by molar-refractivity contribution is 5.85. The highest BCUT2D eigenvalue weighted by Gasteiger charge is 2.15. The van der Waals surface area contributed by atoms with E-state index in [9.17, 15) is 9.59 Å². The lowest BCUT2D eigenvalue weighted by Gasteiger charge is -2.14. The fourth-order valence-corrected chi connectivity index (χ4v) is 0.939. The second kappa shape index (κ2) is 7.23. The Kier molecular flexibility index (Phi) is 6.70. The first-order valence-electron chi connectivity index (χ1n) is 5.11. The van der Waals surface area contributed by atoms with E-state index in [0.29, 0.717) is 6.04 Å². The minimum Gasteiger partial charge on any atom is -0.467 e. The summed E-state index contributed by atoms with van der Waals surface area (Å²) in [5, 5.41) is 5.56. The van der Waals surface area contributed by atoms with Gasteiger partial charge in [-0.15, -0.1) is 0 Å². The molecule has 0 radical (unpaired) electrons. The number of rotatable bonds is 6. The smallest absolute Gasteiger partial charge is 0.328 e. The fraction of sp³-hybridized carbons (Fsp3) is 0.800. The molecule has 0 aromatic heterocycles. The van der Waals surface area contributed by atoms with Gasteiger partial charge < -0.3 is 15.4 Å². The zero-order valence-electron chi connectivity index (χ0n) is 9.79. The number of hydrogen-bond acceptors (Lipinski definition) is 4. The summed E-state index contributed by atoms with van der Waals surface area (Å²) in [6.07, 6.45) is 0.958. The fourth-order valence-electron chi connectivity index (χ4n) is 0.939. The van der Waals surface area contributed by atoms with Crippen LogP contribution in [0, 0.1) is 0 Å². The van der Waals surface area contributed by atoms with Gasteiger partial charge >= 0.3 is 5.97 Å². The van der Waals surface area contributed by atoms with E-state index in [-0.39, 0.29) is 12.5 Å². The second-order valence-electron chi connectivity index (χ2n) is 3.50. The molecule has 15 heavy (non-hydrogen) atoms. The molecule has 0 aliphatic carbocycles. The number of amides is 1. The van der Waals surface area contributed by atoms with Crippen molar-refractivity contribution >= 4 is 11.9 Å². The lowest BCUT2D eigenvalue weighted by atomic mass is 10.2. The summed E-state index contributed by atoms with van der Waals surface area (Å²) < 4.78 is 4.49. The number of carbonyl (C=O) groups is 2. The quantitative estimate of drug-likeness (QED) is 0.616. The van der Waals surface area contributed by atoms with Crippen molar-refractivity contribution in [2.75, 3.05) is 13.7 Å². The molecule has 0 bridgehead atoms. The number of nitrogens with one attached hydrogen (secondary N) is 2. The predicted molar refractivity (Wildman–Crippen MR) is 57.4 cm³/mol. The molecule has 2 N–H and O–H groups in total. The van der Waals surface area contributed by atoms with Crippen LogP contribution in [0.1, 0.15) is 27.2 Å². The van der Waals surface area contributed by atoms with Gasteiger partial charge in [-0.2, -0.15) is 0 Å². The highest BCUT2D eigenvalue weighted by atomic mass is 16.5. The number of methoxy groups -OCH3 is 1. The lowest BCUT2D eigenvalue weighted by molar-refractivity contribution is -0.144. The molecule has 2 atom stereocenters. The Hall–Kier alpha value is -1.10. The van der Waals surface area contributed by atoms with Gasteiger partial charge in [0.1, 0.15) is 6.04 Å². The van der Waals surface area contributed by atoms with Crippen molar-refractivity contribution in [2.45, 2.75) is 39.3 Å². The molecule has 5 heteroatoms. The van der Waals surface area contributed by atoms with Crippen LogP contribution in [0.15, 0.2) is 0 Å². The summed E-state index contributed by atoms with van der Waals surface area (Å²) in [4.78, 5) is 22.3. The van der Waals surface area contributed by atoms with E-state index >= 15 is 0 Å². The molecule has 0 fully saturated rings. The van der Waals surface area contributed by atoms with Gasteiger partial charge in [-0.25, -0.2) is 4.79 Å². The third-order valence-electron chi connectivity index (χ3n) is 2.16. The van der Waals surface area contributed by atoms with E-state index in [1.54, 1.807) is 6.92 Å². The molecule has 1 unspecified atom stereocenters. The molecule has 0 heterocycles. The SMILES string of the molecule is CCC(C)NCC(=O)N[C@@H](C)C(=O)OC. The van der Waals surface area contributed by atoms with Gasteiger partial charge in [-0.05, 0) is 20.3 Å². The Morgan fingerprint density at radius 3 is 2.40 bits per heavy atom. The first-order valence-corrected chi connectivity index (χ1v) is 5.11. The van der Waals surface area contributed by atoms with E-state index < -0.39 is 12.0 Å². The monoisotopic (exact) mass is 216 g/mol. The molecule has 0 saturated carbocycles. The van der Waals surface area contributed by atoms with Crippen LogP contribution in [0.25, 0.3) is 0 Å². The van der Waals surface area contributed by atoms with Crippen LogP contribution in [-0.2, 0) is 14.3 Å². The summed E-state index contributed by atoms with van der Waals surface area (Å²) in [5.74, 6) is -0.639. The normalized spacial score (nSPS) is 14.1. The van der Waals surface area contributed by atoms with E-state index in [2.05, 4.69) is 15.4 Å². The molecule has 0 rings (SSSR count). The van der Waals surface area contributed by atoms with Crippen LogP contribution < -0.4 is 10.6 Å². The summed E-state index contributed by atoms with van der Waals surface area (Å²) in [6, 6.07) is -0.301. The van der Waals surface area contributed by atoms with Crippen LogP contribution in [0.2, 0.25) is 0 Å². The minimum absolute atomic E-state index is 0.201. The highest BCUT2D eigenvalue weighted by Crippen LogP contribution is 1.88. The van der Waals surface area contributed by atoms with E-state index in [0.717, 1.165) is 6.42 Å². The van der Waals surface area contributed by atoms with Crippen LogP contribution in [0.4, 0.5) is 0 Å². The molecule has 0 spiro atoms. The van der Waals surface area contributed by atoms with Crippen molar-refractivity contribution in [1.82, 2.24) is 10.6 Å². The number of esters is 1. The Balaban J connectivity index is 3.78. The molecular weight excluding hydrogens is 196 g/mol. The predicted octanol–water partition coefficient (Wildman–Crippen LogP) is 0.0522. The Labute approximate surface area is 90.6 Å². The van der Waals surface area contributed by atoms with Gasteiger partial charge in [0.25, 0.3) is 0 Å². The summed E-state index contributed by atoms with van der Waals surface area (Å²) in [7, 11) is 1.29. The summed E-state index contributed by atoms with van der Waals surface area (Å²) in [6.45, 7) is 5.84. The van der Waals surface area contributed by atoms with Gasteiger partial charge in [-0.1, -0.05) is 6.92 Å². The number of carbonyl (C=O) groups excluding carboxylic acids is 2. The van der Waals surface area contributed by atoms with Crippen molar-refractivity contribution in [2.24, 2.45) is 0 Å². The standard InChI is InChI=1S/C10H20N2O3/c1-5-7(2)11-6-9(13)12-8(3)10(14)15-4/h7-8,11H,5-6H2,1-4H3,(H,12,13)/t7?,8-/m0/s1. The maximum absolute atomic E-state index is 11.3. The van der Waals surface area contributed by atoms with Gasteiger partial charge in [0.05, 0.1) is 13.7 Å². The Morgan fingerprint density at radius 1 is 1.33 bits per heavy atom. The number of hydrogen-bond donors (Lipinski definition) is 2. The largest absolute Gasteiger partial charge is 0.467 e. The molecule has 0 aliphatic heterocycles. The van der Waals surface area contributed by atoms with E-state index in [1.807, 2.05) is 13.8 Å². The Morgan fingerprint density at radius 2 is 1.93 bits per heavy atom. The number of ether oxygens (including phenoxy) is 1. The minimum atomic E-state index is -0.596. The van der Waals surface area contributed by atoms with Crippen molar-refractivity contribution in [3.05, 3.63) is 0 Å². The molecule has 0 saturated heterocycles. The van der Waals surface area contributed by atoms with E-state index in [1.165, 1.54) is 7.11 Å². The molecule has 0 aromatic rings. The van der Waals surface area contributed by atoms with Crippen molar-refractivity contribution in [1.29, 1.82) is 0 Å². The van der Waals surface area contributed by atoms with E-state index in [4.69, 9.17) is 0 Å². The van der Waals surface area contributed by atoms with Gasteiger partial charge in [0.15, 0.2) is 0 Å². The maximum Gasteiger partial charge on any atom is 0.328 e. The zero-order chi connectivity index (χ0) is 11.8. The average Bonchev–Trinajstić information content (AvgIpc) is 2.24. The van der Waals surface area contributed by atoms with Gasteiger partial charge in [0.2, 0.25) is 5.91 Å². The molecule has 1 amide bonds. The van der Waals surface area contributed by atoms with Crippen molar-refractivity contribution < 1.29 is 14.3 Å². The van der Waals surface area contributed by atoms with Crippen molar-refractivity contribution in [3.63, 3.8) is 0 Å². The molecular formula is C10H20N2O3. The van der Waals surface area contributed by atoms with Crippen LogP contribution >= 0.6 is 0 Å². The van der Waals surface area contributed by atoms with Crippen LogP contribution in [-0.4, -0.2) is 37.6 Å². The zero-order valence-corrected chi connectivity index (χ0v) is 9.79. The second-order valence-corrected chi connectivity index (χ2v) is 3.50. The first kappa shape index (κ1) is 13.9. The third kappa shape index (κ3) is 6.06. The molecule has 88 valence electrons. The third-order valence-corrected chi connectivity index (χ3v) is 2.16. The van der Waals surface area contributed by atoms with Crippen LogP contribution in [0.3, 0.4) is 0 Å².